The van der Waals surface area contributed by atoms with E-state index in [4.69, 9.17) is 72.7 Å². The average molecular weight is 1090 g/mol. The van der Waals surface area contributed by atoms with Crippen molar-refractivity contribution in [3.8, 4) is 11.5 Å². The molecule has 0 radical (unpaired) electrons. The summed E-state index contributed by atoms with van der Waals surface area (Å²) < 4.78 is 47.5. The highest BCUT2D eigenvalue weighted by Gasteiger charge is 2.53. The maximum atomic E-state index is 14.0. The van der Waals surface area contributed by atoms with E-state index in [9.17, 15) is 50.1 Å². The number of benzene rings is 1. The number of ether oxygens (including phenoxy) is 8. The second-order valence-corrected chi connectivity index (χ2v) is 20.2. The molecule has 7 N–H and O–H groups in total. The second-order valence-electron chi connectivity index (χ2n) is 19.1. The van der Waals surface area contributed by atoms with Crippen molar-refractivity contribution in [1.82, 2.24) is 0 Å². The predicted molar refractivity (Wildman–Crippen MR) is 270 cm³/mol. The highest BCUT2D eigenvalue weighted by molar-refractivity contribution is 6.39. The van der Waals surface area contributed by atoms with Crippen molar-refractivity contribution in [1.29, 1.82) is 0 Å². The number of rotatable bonds is 15. The minimum absolute atomic E-state index is 0.0174. The number of aromatic hydroxyl groups is 2. The van der Waals surface area contributed by atoms with Gasteiger partial charge in [0.2, 0.25) is 0 Å². The zero-order valence-electron chi connectivity index (χ0n) is 43.0. The molecular weight excluding hydrogens is 1020 g/mol. The lowest BCUT2D eigenvalue weighted by molar-refractivity contribution is -0.333. The quantitative estimate of drug-likeness (QED) is 0.0422. The highest BCUT2D eigenvalue weighted by Crippen LogP contribution is 2.45. The maximum absolute atomic E-state index is 14.0. The molecule has 0 aromatic heterocycles. The van der Waals surface area contributed by atoms with Gasteiger partial charge >= 0.3 is 17.9 Å². The van der Waals surface area contributed by atoms with Gasteiger partial charge in [-0.05, 0) is 96.9 Å². The standard InChI is InChI=1S/C52H73Cl3O18/c1-11-30-23-26(4)33(57)17-14-13-16-31(24-67-51-46(66-10)41(61)44(29(7)68-51)71-49(65)36-32(12-2)37(54)40(60)38(55)39(36)59)48(64)69-34(28(6)56)20-19-25(3)22-27(5)43(30)72-50-42(62)45(47(63)52(8,9)73-50)70-35(58)18-15-21-53/h13-14,16,19,22-23,28-30,33-34,41-47,50-51,56-57,59-63H,11-12,15,17-18,20-21,24H2,1-10H3/b14-13+,25-19+,26-23+,27-22+,31-16+/t28-,29-,30+,33+,34+,41+,42+,43+,44-,45-,46+,47+,50-,51-/m1/s1. The average Bonchev–Trinajstić information content (AvgIpc) is 3.34. The summed E-state index contributed by atoms with van der Waals surface area (Å²) in [5.41, 5.74) is 0.235. The number of cyclic esters (lactones) is 1. The highest BCUT2D eigenvalue weighted by atomic mass is 35.5. The summed E-state index contributed by atoms with van der Waals surface area (Å²) in [6, 6.07) is 0. The molecule has 18 nitrogen and oxygen atoms in total. The number of phenols is 2. The van der Waals surface area contributed by atoms with Crippen molar-refractivity contribution in [2.24, 2.45) is 5.92 Å². The fraction of sp³-hybridized carbons (Fsp3) is 0.635. The molecule has 0 bridgehead atoms. The van der Waals surface area contributed by atoms with Crippen molar-refractivity contribution in [3.63, 3.8) is 0 Å². The summed E-state index contributed by atoms with van der Waals surface area (Å²) in [5.74, 6) is -4.19. The number of halogens is 3. The largest absolute Gasteiger partial charge is 0.505 e. The molecule has 73 heavy (non-hydrogen) atoms. The molecule has 21 heteroatoms. The summed E-state index contributed by atoms with van der Waals surface area (Å²) >= 11 is 18.0. The monoisotopic (exact) mass is 1090 g/mol. The lowest BCUT2D eigenvalue weighted by Crippen LogP contribution is -2.64. The predicted octanol–water partition coefficient (Wildman–Crippen LogP) is 6.60. The summed E-state index contributed by atoms with van der Waals surface area (Å²) in [6.07, 6.45) is -5.29. The SMILES string of the molecule is CCc1c(Cl)c(O)c(Cl)c(O)c1C(=O)O[C@H]1[C@H](O)[C@H](OC)[C@H](OC/C2=C\C=C\C[C@H](O)/C(C)=C/[C@H](CC)[C@@H](O[C@@H]3OC(C)(C)[C@@H](O)[C@H](OC(=O)CCCCl)[C@@H]3O)/C(C)=C/C(C)=C/C[C@@H]([C@@H](C)O)OC2=O)O[C@@H]1C. The van der Waals surface area contributed by atoms with E-state index in [2.05, 4.69) is 0 Å². The smallest absolute Gasteiger partial charge is 0.342 e. The number of esters is 3. The normalized spacial score (nSPS) is 34.4. The Hall–Kier alpha value is -3.60. The molecule has 2 saturated heterocycles. The van der Waals surface area contributed by atoms with E-state index >= 15 is 0 Å². The molecule has 2 fully saturated rings. The summed E-state index contributed by atoms with van der Waals surface area (Å²) in [6.45, 7) is 14.6. The lowest BCUT2D eigenvalue weighted by atomic mass is 9.88. The molecule has 0 unspecified atom stereocenters. The molecule has 3 aliphatic rings. The lowest BCUT2D eigenvalue weighted by Gasteiger charge is -2.47. The number of aliphatic hydroxyl groups excluding tert-OH is 5. The van der Waals surface area contributed by atoms with Crippen LogP contribution in [0.15, 0.2) is 58.7 Å². The first kappa shape index (κ1) is 61.9. The van der Waals surface area contributed by atoms with Crippen LogP contribution in [0.1, 0.15) is 110 Å². The van der Waals surface area contributed by atoms with Crippen LogP contribution in [0.4, 0.5) is 0 Å². The number of alkyl halides is 1. The number of carbonyl (C=O) groups is 3. The van der Waals surface area contributed by atoms with Crippen LogP contribution in [0.2, 0.25) is 10.0 Å². The minimum Gasteiger partial charge on any atom is -0.505 e. The zero-order chi connectivity index (χ0) is 54.6. The number of methoxy groups -OCH3 is 1. The molecular formula is C52H73Cl3O18. The van der Waals surface area contributed by atoms with Crippen LogP contribution in [0.5, 0.6) is 11.5 Å². The van der Waals surface area contributed by atoms with Gasteiger partial charge < -0.3 is 73.6 Å². The molecule has 410 valence electrons. The van der Waals surface area contributed by atoms with Crippen molar-refractivity contribution >= 4 is 52.7 Å². The van der Waals surface area contributed by atoms with Crippen molar-refractivity contribution < 1.29 is 88.0 Å². The Bertz CT molecular complexity index is 2220. The van der Waals surface area contributed by atoms with Gasteiger partial charge in [-0.3, -0.25) is 4.79 Å². The van der Waals surface area contributed by atoms with E-state index in [-0.39, 0.29) is 47.7 Å². The molecule has 3 heterocycles. The summed E-state index contributed by atoms with van der Waals surface area (Å²) in [5, 5.41) is 76.6. The van der Waals surface area contributed by atoms with Gasteiger partial charge in [-0.2, -0.15) is 0 Å². The fourth-order valence-corrected chi connectivity index (χ4v) is 9.37. The van der Waals surface area contributed by atoms with Crippen LogP contribution in [-0.2, 0) is 53.9 Å². The van der Waals surface area contributed by atoms with Gasteiger partial charge in [-0.15, -0.1) is 11.6 Å². The molecule has 4 rings (SSSR count). The van der Waals surface area contributed by atoms with Crippen LogP contribution < -0.4 is 0 Å². The van der Waals surface area contributed by atoms with E-state index in [1.165, 1.54) is 33.1 Å². The van der Waals surface area contributed by atoms with E-state index in [1.54, 1.807) is 46.8 Å². The Morgan fingerprint density at radius 1 is 0.932 bits per heavy atom. The van der Waals surface area contributed by atoms with Crippen molar-refractivity contribution in [2.45, 2.75) is 186 Å². The minimum atomic E-state index is -1.59. The van der Waals surface area contributed by atoms with Gasteiger partial charge in [0.15, 0.2) is 36.3 Å². The molecule has 0 aliphatic carbocycles. The number of allylic oxidation sites excluding steroid dienone is 4. The first-order chi connectivity index (χ1) is 34.3. The molecule has 1 aromatic rings. The van der Waals surface area contributed by atoms with Gasteiger partial charge in [0.05, 0.1) is 47.2 Å². The first-order valence-electron chi connectivity index (χ1n) is 24.3. The summed E-state index contributed by atoms with van der Waals surface area (Å²) in [7, 11) is 1.26. The number of aliphatic hydroxyl groups is 5. The van der Waals surface area contributed by atoms with E-state index in [1.807, 2.05) is 26.0 Å². The van der Waals surface area contributed by atoms with Crippen LogP contribution in [0, 0.1) is 5.92 Å². The zero-order valence-corrected chi connectivity index (χ0v) is 45.2. The van der Waals surface area contributed by atoms with Crippen LogP contribution in [0.3, 0.4) is 0 Å². The summed E-state index contributed by atoms with van der Waals surface area (Å²) in [4.78, 5) is 40.2. The van der Waals surface area contributed by atoms with Crippen molar-refractivity contribution in [3.05, 3.63) is 79.9 Å². The molecule has 1 aromatic carbocycles. The Labute approximate surface area is 442 Å². The topological polar surface area (TPSA) is 267 Å². The maximum Gasteiger partial charge on any atom is 0.342 e. The number of hydrogen-bond acceptors (Lipinski definition) is 18. The Morgan fingerprint density at radius 3 is 2.23 bits per heavy atom. The third-order valence-electron chi connectivity index (χ3n) is 13.1. The van der Waals surface area contributed by atoms with Gasteiger partial charge in [0.1, 0.15) is 41.1 Å². The second kappa shape index (κ2) is 28.0. The molecule has 0 amide bonds. The number of phenolic OH excluding ortho intramolecular Hbond substituents is 2. The van der Waals surface area contributed by atoms with Crippen LogP contribution in [-0.4, -0.2) is 159 Å². The van der Waals surface area contributed by atoms with Crippen LogP contribution in [0.25, 0.3) is 0 Å². The van der Waals surface area contributed by atoms with Crippen molar-refractivity contribution in [2.75, 3.05) is 19.6 Å². The van der Waals surface area contributed by atoms with E-state index < -0.39 is 138 Å². The van der Waals surface area contributed by atoms with E-state index in [0.29, 0.717) is 29.6 Å². The van der Waals surface area contributed by atoms with Gasteiger partial charge in [0, 0.05) is 31.7 Å². The third-order valence-corrected chi connectivity index (χ3v) is 14.1. The number of hydrogen-bond donors (Lipinski definition) is 7. The fourth-order valence-electron chi connectivity index (χ4n) is 8.67. The Morgan fingerprint density at radius 2 is 1.62 bits per heavy atom. The number of carbonyl (C=O) groups excluding carboxylic acids is 3. The van der Waals surface area contributed by atoms with E-state index in [0.717, 1.165) is 0 Å². The molecule has 0 saturated carbocycles. The van der Waals surface area contributed by atoms with Crippen LogP contribution >= 0.6 is 34.8 Å². The van der Waals surface area contributed by atoms with Gasteiger partial charge in [-0.25, -0.2) is 9.59 Å². The molecule has 3 aliphatic heterocycles. The van der Waals surface area contributed by atoms with Gasteiger partial charge in [-0.1, -0.05) is 73.0 Å². The Kier molecular flexibility index (Phi) is 23.7. The third kappa shape index (κ3) is 15.7. The van der Waals surface area contributed by atoms with Gasteiger partial charge in [0.25, 0.3) is 0 Å². The Balaban J connectivity index is 1.61. The molecule has 14 atom stereocenters. The molecule has 0 spiro atoms. The first-order valence-corrected chi connectivity index (χ1v) is 25.6.